The molecule has 1 aromatic heterocycles. The Morgan fingerprint density at radius 3 is 2.81 bits per heavy atom. The molecule has 3 aliphatic rings. The fourth-order valence-electron chi connectivity index (χ4n) is 3.57. The zero-order chi connectivity index (χ0) is 14.4. The molecule has 4 heterocycles. The minimum atomic E-state index is -0.135. The normalized spacial score (nSPS) is 27.9. The summed E-state index contributed by atoms with van der Waals surface area (Å²) in [6.07, 6.45) is 2.36. The van der Waals surface area contributed by atoms with E-state index in [1.54, 1.807) is 12.1 Å². The molecular formula is C16H19N3O2. The van der Waals surface area contributed by atoms with Crippen LogP contribution in [0.4, 0.5) is 5.69 Å². The summed E-state index contributed by atoms with van der Waals surface area (Å²) in [6, 6.07) is 7.55. The highest BCUT2D eigenvalue weighted by Crippen LogP contribution is 2.28. The lowest BCUT2D eigenvalue weighted by molar-refractivity contribution is 0.0607. The summed E-state index contributed by atoms with van der Waals surface area (Å²) in [4.78, 5) is 14.8. The molecule has 0 radical (unpaired) electrons. The van der Waals surface area contributed by atoms with Gasteiger partial charge in [0.05, 0.1) is 5.69 Å². The second-order valence-corrected chi connectivity index (χ2v) is 6.09. The highest BCUT2D eigenvalue weighted by molar-refractivity contribution is 5.98. The third kappa shape index (κ3) is 2.17. The highest BCUT2D eigenvalue weighted by atomic mass is 16.3. The average molecular weight is 285 g/mol. The van der Waals surface area contributed by atoms with Crippen LogP contribution in [0.25, 0.3) is 11.0 Å². The molecule has 5 rings (SSSR count). The van der Waals surface area contributed by atoms with Crippen LogP contribution in [-0.2, 0) is 0 Å². The Balaban J connectivity index is 1.55. The van der Waals surface area contributed by atoms with Gasteiger partial charge in [-0.25, -0.2) is 0 Å². The number of hydrogen-bond donors (Lipinski definition) is 2. The lowest BCUT2D eigenvalue weighted by atomic mass is 9.84. The van der Waals surface area contributed by atoms with Crippen LogP contribution in [0.1, 0.15) is 23.4 Å². The molecule has 5 heteroatoms. The van der Waals surface area contributed by atoms with Crippen molar-refractivity contribution < 1.29 is 9.21 Å². The Bertz CT molecular complexity index is 686. The van der Waals surface area contributed by atoms with Crippen molar-refractivity contribution in [3.63, 3.8) is 0 Å². The minimum Gasteiger partial charge on any atom is -0.449 e. The highest BCUT2D eigenvalue weighted by Gasteiger charge is 2.35. The molecule has 2 aromatic rings. The fraction of sp³-hybridized carbons (Fsp3) is 0.438. The van der Waals surface area contributed by atoms with Crippen molar-refractivity contribution in [2.75, 3.05) is 25.4 Å². The first-order chi connectivity index (χ1) is 10.2. The number of benzene rings is 1. The Labute approximate surface area is 123 Å². The van der Waals surface area contributed by atoms with Crippen molar-refractivity contribution in [3.8, 4) is 0 Å². The number of fused-ring (bicyclic) bond motifs is 4. The first-order valence-electron chi connectivity index (χ1n) is 7.52. The summed E-state index contributed by atoms with van der Waals surface area (Å²) in [5.41, 5.74) is 7.03. The summed E-state index contributed by atoms with van der Waals surface area (Å²) in [6.45, 7) is 3.29. The maximum absolute atomic E-state index is 12.4. The van der Waals surface area contributed by atoms with E-state index in [1.807, 2.05) is 12.1 Å². The van der Waals surface area contributed by atoms with Gasteiger partial charge in [0.15, 0.2) is 11.3 Å². The topological polar surface area (TPSA) is 71.5 Å². The molecule has 1 amide bonds. The molecular weight excluding hydrogens is 266 g/mol. The van der Waals surface area contributed by atoms with E-state index >= 15 is 0 Å². The molecule has 21 heavy (non-hydrogen) atoms. The summed E-state index contributed by atoms with van der Waals surface area (Å²) in [5, 5.41) is 4.00. The number of nitrogen functional groups attached to an aromatic ring is 1. The molecule has 110 valence electrons. The zero-order valence-corrected chi connectivity index (χ0v) is 11.8. The molecule has 1 atom stereocenters. The number of carbonyl (C=O) groups excluding carboxylic acids is 1. The van der Waals surface area contributed by atoms with Crippen molar-refractivity contribution >= 4 is 22.6 Å². The number of furan rings is 1. The average Bonchev–Trinajstić information content (AvgIpc) is 2.94. The van der Waals surface area contributed by atoms with Gasteiger partial charge in [0.1, 0.15) is 0 Å². The number of nitrogens with zero attached hydrogens (tertiary/aromatic N) is 1. The molecule has 2 bridgehead atoms. The predicted molar refractivity (Wildman–Crippen MR) is 81.0 cm³/mol. The molecule has 3 fully saturated rings. The van der Waals surface area contributed by atoms with Gasteiger partial charge >= 0.3 is 0 Å². The van der Waals surface area contributed by atoms with Crippen LogP contribution in [0, 0.1) is 5.92 Å². The standard InChI is InChI=1S/C16H19N3O2/c17-12-3-1-2-11-8-14(21-15(11)12)16(20)18-13-9-19-6-4-10(13)5-7-19/h1-3,8,10,13H,4-7,9,17H2,(H,18,20). The van der Waals surface area contributed by atoms with Crippen LogP contribution < -0.4 is 11.1 Å². The SMILES string of the molecule is Nc1cccc2cc(C(=O)NC3CN4CCC3CC4)oc12. The predicted octanol–water partition coefficient (Wildman–Crippen LogP) is 1.84. The number of para-hydroxylation sites is 1. The second kappa shape index (κ2) is 4.77. The first-order valence-corrected chi connectivity index (χ1v) is 7.52. The minimum absolute atomic E-state index is 0.135. The number of amides is 1. The molecule has 1 aromatic carbocycles. The number of nitrogens with two attached hydrogens (primary N) is 1. The maximum Gasteiger partial charge on any atom is 0.287 e. The summed E-state index contributed by atoms with van der Waals surface area (Å²) in [7, 11) is 0. The fourth-order valence-corrected chi connectivity index (χ4v) is 3.57. The molecule has 0 aliphatic carbocycles. The van der Waals surface area contributed by atoms with Crippen molar-refractivity contribution in [2.45, 2.75) is 18.9 Å². The smallest absolute Gasteiger partial charge is 0.287 e. The molecule has 3 saturated heterocycles. The summed E-state index contributed by atoms with van der Waals surface area (Å²) in [5.74, 6) is 0.817. The van der Waals surface area contributed by atoms with Gasteiger partial charge in [-0.3, -0.25) is 4.79 Å². The van der Waals surface area contributed by atoms with E-state index in [4.69, 9.17) is 10.2 Å². The van der Waals surface area contributed by atoms with E-state index in [0.717, 1.165) is 25.0 Å². The van der Waals surface area contributed by atoms with E-state index in [2.05, 4.69) is 10.2 Å². The molecule has 1 unspecified atom stereocenters. The first kappa shape index (κ1) is 12.7. The van der Waals surface area contributed by atoms with Gasteiger partial charge in [0, 0.05) is 18.0 Å². The van der Waals surface area contributed by atoms with Gasteiger partial charge in [-0.05, 0) is 44.0 Å². The number of carbonyl (C=O) groups is 1. The van der Waals surface area contributed by atoms with Crippen molar-refractivity contribution in [2.24, 2.45) is 5.92 Å². The van der Waals surface area contributed by atoms with Crippen LogP contribution in [0.5, 0.6) is 0 Å². The van der Waals surface area contributed by atoms with Gasteiger partial charge in [-0.1, -0.05) is 12.1 Å². The Morgan fingerprint density at radius 2 is 2.14 bits per heavy atom. The molecule has 0 spiro atoms. The number of anilines is 1. The number of hydrogen-bond acceptors (Lipinski definition) is 4. The molecule has 5 nitrogen and oxygen atoms in total. The molecule has 0 saturated carbocycles. The monoisotopic (exact) mass is 285 g/mol. The van der Waals surface area contributed by atoms with Crippen LogP contribution in [0.15, 0.2) is 28.7 Å². The summed E-state index contributed by atoms with van der Waals surface area (Å²) < 4.78 is 5.63. The van der Waals surface area contributed by atoms with Crippen LogP contribution in [0.2, 0.25) is 0 Å². The number of piperidine rings is 3. The largest absolute Gasteiger partial charge is 0.449 e. The van der Waals surface area contributed by atoms with Crippen LogP contribution >= 0.6 is 0 Å². The van der Waals surface area contributed by atoms with Crippen LogP contribution in [0.3, 0.4) is 0 Å². The molecule has 3 N–H and O–H groups in total. The van der Waals surface area contributed by atoms with E-state index in [9.17, 15) is 4.79 Å². The third-order valence-corrected chi connectivity index (χ3v) is 4.77. The lowest BCUT2D eigenvalue weighted by Gasteiger charge is -2.44. The van der Waals surface area contributed by atoms with Gasteiger partial charge in [-0.15, -0.1) is 0 Å². The van der Waals surface area contributed by atoms with E-state index in [-0.39, 0.29) is 11.9 Å². The second-order valence-electron chi connectivity index (χ2n) is 6.09. The number of nitrogens with one attached hydrogen (secondary N) is 1. The molecule has 3 aliphatic heterocycles. The Kier molecular flexibility index (Phi) is 2.89. The zero-order valence-electron chi connectivity index (χ0n) is 11.8. The van der Waals surface area contributed by atoms with E-state index < -0.39 is 0 Å². The van der Waals surface area contributed by atoms with Gasteiger partial charge in [-0.2, -0.15) is 0 Å². The van der Waals surface area contributed by atoms with Crippen molar-refractivity contribution in [1.29, 1.82) is 0 Å². The van der Waals surface area contributed by atoms with Crippen LogP contribution in [-0.4, -0.2) is 36.5 Å². The Morgan fingerprint density at radius 1 is 1.33 bits per heavy atom. The van der Waals surface area contributed by atoms with E-state index in [1.165, 1.54) is 12.8 Å². The van der Waals surface area contributed by atoms with E-state index in [0.29, 0.717) is 22.9 Å². The van der Waals surface area contributed by atoms with Gasteiger partial charge < -0.3 is 20.4 Å². The van der Waals surface area contributed by atoms with Gasteiger partial charge in [0.25, 0.3) is 5.91 Å². The number of rotatable bonds is 2. The lowest BCUT2D eigenvalue weighted by Crippen LogP contribution is -2.57. The summed E-state index contributed by atoms with van der Waals surface area (Å²) >= 11 is 0. The Hall–Kier alpha value is -2.01. The van der Waals surface area contributed by atoms with Crippen molar-refractivity contribution in [3.05, 3.63) is 30.0 Å². The van der Waals surface area contributed by atoms with Crippen molar-refractivity contribution in [1.82, 2.24) is 10.2 Å². The quantitative estimate of drug-likeness (QED) is 0.826. The maximum atomic E-state index is 12.4. The van der Waals surface area contributed by atoms with Gasteiger partial charge in [0.2, 0.25) is 0 Å². The third-order valence-electron chi connectivity index (χ3n) is 4.77.